The smallest absolute Gasteiger partial charge is 0.238 e. The van der Waals surface area contributed by atoms with Crippen LogP contribution in [-0.4, -0.2) is 50.5 Å². The third kappa shape index (κ3) is 3.36. The Kier molecular flexibility index (Phi) is 5.10. The lowest BCUT2D eigenvalue weighted by Gasteiger charge is -2.10. The van der Waals surface area contributed by atoms with E-state index in [0.29, 0.717) is 32.3 Å². The van der Waals surface area contributed by atoms with Crippen LogP contribution in [0.25, 0.3) is 17.1 Å². The summed E-state index contributed by atoms with van der Waals surface area (Å²) in [4.78, 5) is 9.60. The number of aliphatic imine (C=N–C) groups is 1. The molecule has 6 rings (SSSR count). The zero-order valence-electron chi connectivity index (χ0n) is 19.0. The largest absolute Gasteiger partial charge is 0.497 e. The third-order valence-corrected chi connectivity index (χ3v) is 6.18. The Morgan fingerprint density at radius 2 is 2.00 bits per heavy atom. The summed E-state index contributed by atoms with van der Waals surface area (Å²) in [5, 5.41) is 8.93. The highest BCUT2D eigenvalue weighted by Crippen LogP contribution is 2.36. The number of fused-ring (bicyclic) bond motifs is 5. The fourth-order valence-corrected chi connectivity index (χ4v) is 4.44. The van der Waals surface area contributed by atoms with Crippen LogP contribution in [0, 0.1) is 0 Å². The normalized spacial score (nSPS) is 16.2. The van der Waals surface area contributed by atoms with Crippen LogP contribution in [0.3, 0.4) is 0 Å². The predicted molar refractivity (Wildman–Crippen MR) is 125 cm³/mol. The van der Waals surface area contributed by atoms with Gasteiger partial charge >= 0.3 is 0 Å². The first kappa shape index (κ1) is 20.6. The van der Waals surface area contributed by atoms with Gasteiger partial charge in [0.15, 0.2) is 11.6 Å². The molecular weight excluding hydrogens is 432 g/mol. The first-order chi connectivity index (χ1) is 16.8. The molecule has 1 atom stereocenters. The van der Waals surface area contributed by atoms with Crippen LogP contribution >= 0.6 is 0 Å². The molecule has 0 saturated carbocycles. The maximum Gasteiger partial charge on any atom is 0.238 e. The summed E-state index contributed by atoms with van der Waals surface area (Å²) in [6.45, 7) is 3.94. The second-order valence-corrected chi connectivity index (χ2v) is 8.13. The molecule has 9 heteroatoms. The standard InChI is InChI=1S/C25H24N6O3/c1-3-33-14-22-28-29-24-18-11-17(32-2)9-10-20(18)31-15-26-23(21(31)12-30(22)24)25-27-19(13-34-25)16-7-5-4-6-8-16/h4-11,15,19H,3,12-14H2,1-2H3/t19-/m1/s1. The maximum absolute atomic E-state index is 6.05. The molecular formula is C25H24N6O3. The average Bonchev–Trinajstić information content (AvgIpc) is 3.60. The topological polar surface area (TPSA) is 88.6 Å². The van der Waals surface area contributed by atoms with E-state index in [1.165, 1.54) is 0 Å². The van der Waals surface area contributed by atoms with E-state index in [-0.39, 0.29) is 6.04 Å². The van der Waals surface area contributed by atoms with E-state index in [4.69, 9.17) is 24.2 Å². The number of aromatic nitrogens is 5. The van der Waals surface area contributed by atoms with E-state index < -0.39 is 0 Å². The van der Waals surface area contributed by atoms with Crippen LogP contribution in [0.1, 0.15) is 35.7 Å². The van der Waals surface area contributed by atoms with E-state index in [1.54, 1.807) is 7.11 Å². The minimum atomic E-state index is -0.0464. The van der Waals surface area contributed by atoms with Crippen LogP contribution < -0.4 is 4.74 Å². The summed E-state index contributed by atoms with van der Waals surface area (Å²) < 4.78 is 21.3. The van der Waals surface area contributed by atoms with E-state index in [2.05, 4.69) is 31.5 Å². The molecule has 2 aliphatic heterocycles. The predicted octanol–water partition coefficient (Wildman–Crippen LogP) is 3.56. The van der Waals surface area contributed by atoms with Crippen LogP contribution in [0.2, 0.25) is 0 Å². The number of ether oxygens (including phenoxy) is 3. The first-order valence-electron chi connectivity index (χ1n) is 11.3. The molecule has 4 heterocycles. The lowest BCUT2D eigenvalue weighted by atomic mass is 10.1. The van der Waals surface area contributed by atoms with Crippen molar-refractivity contribution in [2.24, 2.45) is 4.99 Å². The van der Waals surface area contributed by atoms with Gasteiger partial charge in [-0.2, -0.15) is 0 Å². The van der Waals surface area contributed by atoms with Gasteiger partial charge in [0.2, 0.25) is 5.90 Å². The molecule has 0 spiro atoms. The van der Waals surface area contributed by atoms with Gasteiger partial charge in [0, 0.05) is 12.2 Å². The molecule has 0 radical (unpaired) electrons. The van der Waals surface area contributed by atoms with Crippen molar-refractivity contribution < 1.29 is 14.2 Å². The SMILES string of the molecule is CCOCc1nnc2n1Cc1c(C3=N[C@@H](c4ccccc4)CO3)ncn1-c1ccc(OC)cc1-2. The molecule has 0 bridgehead atoms. The van der Waals surface area contributed by atoms with E-state index >= 15 is 0 Å². The number of nitrogens with zero attached hydrogens (tertiary/aromatic N) is 6. The average molecular weight is 457 g/mol. The summed E-state index contributed by atoms with van der Waals surface area (Å²) in [6.07, 6.45) is 1.82. The molecule has 0 unspecified atom stereocenters. The molecule has 0 amide bonds. The van der Waals surface area contributed by atoms with Crippen molar-refractivity contribution in [3.05, 3.63) is 77.6 Å². The minimum Gasteiger partial charge on any atom is -0.497 e. The zero-order chi connectivity index (χ0) is 23.1. The molecule has 0 N–H and O–H groups in total. The fraction of sp³-hybridized carbons (Fsp3) is 0.280. The van der Waals surface area contributed by atoms with E-state index in [0.717, 1.165) is 45.6 Å². The Balaban J connectivity index is 1.48. The van der Waals surface area contributed by atoms with Crippen molar-refractivity contribution in [3.63, 3.8) is 0 Å². The van der Waals surface area contributed by atoms with Crippen LogP contribution in [-0.2, 0) is 22.6 Å². The molecule has 0 aliphatic carbocycles. The van der Waals surface area contributed by atoms with Crippen molar-refractivity contribution in [1.29, 1.82) is 0 Å². The van der Waals surface area contributed by atoms with Crippen molar-refractivity contribution in [1.82, 2.24) is 24.3 Å². The van der Waals surface area contributed by atoms with Crippen LogP contribution in [0.5, 0.6) is 5.75 Å². The molecule has 9 nitrogen and oxygen atoms in total. The van der Waals surface area contributed by atoms with Gasteiger partial charge < -0.3 is 18.8 Å². The number of rotatable bonds is 6. The zero-order valence-corrected chi connectivity index (χ0v) is 19.0. The van der Waals surface area contributed by atoms with Crippen molar-refractivity contribution in [2.75, 3.05) is 20.3 Å². The number of imidazole rings is 1. The summed E-state index contributed by atoms with van der Waals surface area (Å²) in [5.74, 6) is 2.82. The van der Waals surface area contributed by atoms with Gasteiger partial charge in [0.25, 0.3) is 0 Å². The van der Waals surface area contributed by atoms with E-state index in [1.807, 2.05) is 49.6 Å². The van der Waals surface area contributed by atoms with Gasteiger partial charge in [-0.05, 0) is 30.7 Å². The van der Waals surface area contributed by atoms with Crippen LogP contribution in [0.15, 0.2) is 59.9 Å². The quantitative estimate of drug-likeness (QED) is 0.388. The fourth-order valence-electron chi connectivity index (χ4n) is 4.44. The monoisotopic (exact) mass is 456 g/mol. The lowest BCUT2D eigenvalue weighted by molar-refractivity contribution is 0.125. The van der Waals surface area contributed by atoms with Crippen molar-refractivity contribution in [3.8, 4) is 22.8 Å². The number of hydrogen-bond acceptors (Lipinski definition) is 7. The van der Waals surface area contributed by atoms with Crippen LogP contribution in [0.4, 0.5) is 0 Å². The molecule has 2 aliphatic rings. The summed E-state index contributed by atoms with van der Waals surface area (Å²) in [6, 6.07) is 16.1. The highest BCUT2D eigenvalue weighted by molar-refractivity contribution is 5.95. The molecule has 34 heavy (non-hydrogen) atoms. The summed E-state index contributed by atoms with van der Waals surface area (Å²) in [7, 11) is 1.66. The third-order valence-electron chi connectivity index (χ3n) is 6.18. The maximum atomic E-state index is 6.05. The van der Waals surface area contributed by atoms with Gasteiger partial charge in [-0.3, -0.25) is 4.57 Å². The minimum absolute atomic E-state index is 0.0464. The molecule has 2 aromatic heterocycles. The number of methoxy groups -OCH3 is 1. The molecule has 0 saturated heterocycles. The van der Waals surface area contributed by atoms with Gasteiger partial charge in [0.1, 0.15) is 37.0 Å². The second-order valence-electron chi connectivity index (χ2n) is 8.13. The first-order valence-corrected chi connectivity index (χ1v) is 11.3. The molecule has 2 aromatic carbocycles. The number of hydrogen-bond donors (Lipinski definition) is 0. The Bertz CT molecular complexity index is 1370. The van der Waals surface area contributed by atoms with E-state index in [9.17, 15) is 0 Å². The molecule has 0 fully saturated rings. The Labute approximate surface area is 196 Å². The molecule has 172 valence electrons. The molecule has 4 aromatic rings. The van der Waals surface area contributed by atoms with Gasteiger partial charge in [-0.25, -0.2) is 9.98 Å². The Morgan fingerprint density at radius 3 is 2.82 bits per heavy atom. The highest BCUT2D eigenvalue weighted by atomic mass is 16.5. The second kappa shape index (κ2) is 8.42. The van der Waals surface area contributed by atoms with Crippen molar-refractivity contribution >= 4 is 5.90 Å². The lowest BCUT2D eigenvalue weighted by Crippen LogP contribution is -2.13. The summed E-state index contributed by atoms with van der Waals surface area (Å²) in [5.41, 5.74) is 4.66. The summed E-state index contributed by atoms with van der Waals surface area (Å²) >= 11 is 0. The van der Waals surface area contributed by atoms with Gasteiger partial charge in [0.05, 0.1) is 25.0 Å². The van der Waals surface area contributed by atoms with Gasteiger partial charge in [-0.1, -0.05) is 30.3 Å². The number of benzene rings is 2. The van der Waals surface area contributed by atoms with Gasteiger partial charge in [-0.15, -0.1) is 10.2 Å². The van der Waals surface area contributed by atoms with Crippen molar-refractivity contribution in [2.45, 2.75) is 26.1 Å². The Hall–Kier alpha value is -3.98. The highest BCUT2D eigenvalue weighted by Gasteiger charge is 2.31. The Morgan fingerprint density at radius 1 is 1.12 bits per heavy atom.